The summed E-state index contributed by atoms with van der Waals surface area (Å²) in [6.45, 7) is 0.712. The van der Waals surface area contributed by atoms with Crippen LogP contribution in [0.5, 0.6) is 5.75 Å². The molecule has 2 atom stereocenters. The van der Waals surface area contributed by atoms with Crippen LogP contribution >= 0.6 is 0 Å². The Balaban J connectivity index is 1.49. The van der Waals surface area contributed by atoms with Gasteiger partial charge in [0.2, 0.25) is 5.91 Å². The molecule has 8 nitrogen and oxygen atoms in total. The van der Waals surface area contributed by atoms with Gasteiger partial charge in [-0.15, -0.1) is 0 Å². The third-order valence-corrected chi connectivity index (χ3v) is 6.70. The molecule has 0 saturated heterocycles. The molecule has 0 saturated carbocycles. The molecule has 168 valence electrons. The van der Waals surface area contributed by atoms with E-state index in [0.29, 0.717) is 6.61 Å². The molecule has 2 heterocycles. The van der Waals surface area contributed by atoms with Gasteiger partial charge in [0, 0.05) is 18.7 Å². The molecule has 0 aliphatic carbocycles. The molecule has 9 heteroatoms. The van der Waals surface area contributed by atoms with E-state index in [1.54, 1.807) is 12.1 Å². The number of carbonyl (C=O) groups excluding carboxylic acids is 3. The maximum absolute atomic E-state index is 13.1. The number of rotatable bonds is 7. The molecule has 2 aromatic carbocycles. The summed E-state index contributed by atoms with van der Waals surface area (Å²) in [5.74, 6) is -1.21. The minimum Gasteiger partial charge on any atom is -0.493 e. The lowest BCUT2D eigenvalue weighted by atomic mass is 9.96. The topological polar surface area (TPSA) is 110 Å². The Hall–Kier alpha value is -3.20. The summed E-state index contributed by atoms with van der Waals surface area (Å²) in [6.07, 6.45) is 1.61. The van der Waals surface area contributed by atoms with Gasteiger partial charge in [-0.3, -0.25) is 19.3 Å². The van der Waals surface area contributed by atoms with Crippen molar-refractivity contribution >= 4 is 27.6 Å². The number of nitrogens with zero attached hydrogens (tertiary/aromatic N) is 1. The molecule has 0 radical (unpaired) electrons. The van der Waals surface area contributed by atoms with Gasteiger partial charge in [0.15, 0.2) is 0 Å². The van der Waals surface area contributed by atoms with Crippen molar-refractivity contribution in [2.45, 2.75) is 18.9 Å². The smallest absolute Gasteiger partial charge is 0.262 e. The second-order valence-corrected chi connectivity index (χ2v) is 10.5. The van der Waals surface area contributed by atoms with E-state index in [4.69, 9.17) is 4.74 Å². The van der Waals surface area contributed by atoms with Gasteiger partial charge < -0.3 is 10.1 Å². The second-order valence-electron chi connectivity index (χ2n) is 8.19. The summed E-state index contributed by atoms with van der Waals surface area (Å²) in [5.41, 5.74) is 1.48. The van der Waals surface area contributed by atoms with Crippen molar-refractivity contribution in [3.8, 4) is 5.75 Å². The zero-order valence-electron chi connectivity index (χ0n) is 17.6. The van der Waals surface area contributed by atoms with Crippen molar-refractivity contribution in [1.29, 1.82) is 0 Å². The highest BCUT2D eigenvalue weighted by molar-refractivity contribution is 7.90. The van der Waals surface area contributed by atoms with E-state index in [-0.39, 0.29) is 35.8 Å². The predicted molar refractivity (Wildman–Crippen MR) is 117 cm³/mol. The summed E-state index contributed by atoms with van der Waals surface area (Å²) in [4.78, 5) is 39.7. The number of imide groups is 1. The van der Waals surface area contributed by atoms with Crippen LogP contribution in [0, 0.1) is 5.92 Å². The van der Waals surface area contributed by atoms with Crippen molar-refractivity contribution in [3.05, 3.63) is 65.2 Å². The van der Waals surface area contributed by atoms with Crippen LogP contribution in [0.4, 0.5) is 0 Å². The molecule has 2 aliphatic heterocycles. The Kier molecular flexibility index (Phi) is 6.01. The third kappa shape index (κ3) is 4.52. The monoisotopic (exact) mass is 456 g/mol. The van der Waals surface area contributed by atoms with Crippen molar-refractivity contribution in [2.24, 2.45) is 5.92 Å². The van der Waals surface area contributed by atoms with E-state index < -0.39 is 33.6 Å². The number of sulfone groups is 1. The number of hydrogen-bond acceptors (Lipinski definition) is 6. The van der Waals surface area contributed by atoms with Crippen molar-refractivity contribution in [2.75, 3.05) is 25.2 Å². The normalized spacial score (nSPS) is 18.5. The van der Waals surface area contributed by atoms with Crippen molar-refractivity contribution in [3.63, 3.8) is 0 Å². The summed E-state index contributed by atoms with van der Waals surface area (Å²) in [5, 5.41) is 2.80. The average molecular weight is 457 g/mol. The Morgan fingerprint density at radius 1 is 1.09 bits per heavy atom. The first-order valence-corrected chi connectivity index (χ1v) is 12.4. The van der Waals surface area contributed by atoms with Gasteiger partial charge in [-0.25, -0.2) is 8.42 Å². The van der Waals surface area contributed by atoms with Crippen LogP contribution in [-0.4, -0.2) is 62.2 Å². The first-order chi connectivity index (χ1) is 15.2. The Labute approximate surface area is 186 Å². The minimum absolute atomic E-state index is 0.0200. The van der Waals surface area contributed by atoms with Gasteiger partial charge in [-0.05, 0) is 36.6 Å². The highest BCUT2D eigenvalue weighted by Gasteiger charge is 2.42. The lowest BCUT2D eigenvalue weighted by Gasteiger charge is -2.28. The fraction of sp³-hybridized carbons (Fsp3) is 0.348. The maximum atomic E-state index is 13.1. The zero-order valence-corrected chi connectivity index (χ0v) is 18.4. The average Bonchev–Trinajstić information content (AvgIpc) is 3.02. The molecule has 0 fully saturated rings. The Morgan fingerprint density at radius 2 is 1.72 bits per heavy atom. The molecule has 2 aromatic rings. The summed E-state index contributed by atoms with van der Waals surface area (Å²) in [6, 6.07) is 12.8. The van der Waals surface area contributed by atoms with Crippen LogP contribution < -0.4 is 10.1 Å². The third-order valence-electron chi connectivity index (χ3n) is 5.72. The number of amides is 3. The molecule has 32 heavy (non-hydrogen) atoms. The number of para-hydroxylation sites is 1. The highest BCUT2D eigenvalue weighted by atomic mass is 32.2. The van der Waals surface area contributed by atoms with Crippen LogP contribution in [0.15, 0.2) is 48.5 Å². The molecule has 4 rings (SSSR count). The SMILES string of the molecule is CS(=O)(=O)CCC(C(=O)NCC1COc2ccccc2C1)N1C(=O)c2ccccc2C1=O. The second kappa shape index (κ2) is 8.74. The first kappa shape index (κ1) is 22.0. The maximum Gasteiger partial charge on any atom is 0.262 e. The molecule has 2 unspecified atom stereocenters. The van der Waals surface area contributed by atoms with Gasteiger partial charge >= 0.3 is 0 Å². The molecule has 2 aliphatic rings. The molecule has 0 bridgehead atoms. The van der Waals surface area contributed by atoms with Crippen LogP contribution in [0.1, 0.15) is 32.7 Å². The quantitative estimate of drug-likeness (QED) is 0.632. The lowest BCUT2D eigenvalue weighted by Crippen LogP contribution is -2.51. The van der Waals surface area contributed by atoms with Crippen LogP contribution in [0.2, 0.25) is 0 Å². The van der Waals surface area contributed by atoms with Crippen molar-refractivity contribution < 1.29 is 27.5 Å². The number of carbonyl (C=O) groups is 3. The van der Waals surface area contributed by atoms with E-state index in [1.807, 2.05) is 24.3 Å². The number of nitrogens with one attached hydrogen (secondary N) is 1. The fourth-order valence-corrected chi connectivity index (χ4v) is 4.73. The van der Waals surface area contributed by atoms with E-state index in [0.717, 1.165) is 28.9 Å². The molecule has 0 aromatic heterocycles. The molecular weight excluding hydrogens is 432 g/mol. The summed E-state index contributed by atoms with van der Waals surface area (Å²) >= 11 is 0. The number of fused-ring (bicyclic) bond motifs is 2. The largest absolute Gasteiger partial charge is 0.493 e. The first-order valence-electron chi connectivity index (χ1n) is 10.4. The van der Waals surface area contributed by atoms with Crippen LogP contribution in [-0.2, 0) is 21.1 Å². The van der Waals surface area contributed by atoms with Crippen LogP contribution in [0.3, 0.4) is 0 Å². The molecular formula is C23H24N2O6S. The van der Waals surface area contributed by atoms with Gasteiger partial charge in [0.25, 0.3) is 11.8 Å². The van der Waals surface area contributed by atoms with Gasteiger partial charge in [0.1, 0.15) is 21.6 Å². The number of ether oxygens (including phenoxy) is 1. The summed E-state index contributed by atoms with van der Waals surface area (Å²) in [7, 11) is -3.40. The molecule has 0 spiro atoms. The van der Waals surface area contributed by atoms with E-state index in [1.165, 1.54) is 12.1 Å². The number of hydrogen-bond donors (Lipinski definition) is 1. The zero-order chi connectivity index (χ0) is 22.9. The minimum atomic E-state index is -3.40. The van der Waals surface area contributed by atoms with E-state index >= 15 is 0 Å². The van der Waals surface area contributed by atoms with Crippen molar-refractivity contribution in [1.82, 2.24) is 10.2 Å². The van der Waals surface area contributed by atoms with Gasteiger partial charge in [-0.1, -0.05) is 30.3 Å². The Morgan fingerprint density at radius 3 is 2.38 bits per heavy atom. The van der Waals surface area contributed by atoms with E-state index in [2.05, 4.69) is 5.32 Å². The summed E-state index contributed by atoms with van der Waals surface area (Å²) < 4.78 is 29.2. The van der Waals surface area contributed by atoms with Crippen LogP contribution in [0.25, 0.3) is 0 Å². The Bertz CT molecular complexity index is 1140. The lowest BCUT2D eigenvalue weighted by molar-refractivity contribution is -0.125. The molecule has 1 N–H and O–H groups in total. The predicted octanol–water partition coefficient (Wildman–Crippen LogP) is 1.45. The van der Waals surface area contributed by atoms with E-state index in [9.17, 15) is 22.8 Å². The van der Waals surface area contributed by atoms with Gasteiger partial charge in [-0.2, -0.15) is 0 Å². The van der Waals surface area contributed by atoms with Gasteiger partial charge in [0.05, 0.1) is 23.5 Å². The molecule has 3 amide bonds. The fourth-order valence-electron chi connectivity index (χ4n) is 4.08. The standard InChI is InChI=1S/C23H24N2O6S/c1-32(29,30)11-10-19(25-22(27)17-7-3-4-8-18(17)23(25)28)21(26)24-13-15-12-16-6-2-5-9-20(16)31-14-15/h2-9,15,19H,10-14H2,1H3,(H,24,26). The number of benzene rings is 2. The highest BCUT2D eigenvalue weighted by Crippen LogP contribution is 2.28.